The van der Waals surface area contributed by atoms with Gasteiger partial charge in [-0.3, -0.25) is 24.6 Å². The van der Waals surface area contributed by atoms with Crippen LogP contribution < -0.4 is 5.32 Å². The number of carbonyl (C=O) groups is 3. The van der Waals surface area contributed by atoms with E-state index in [-0.39, 0.29) is 36.2 Å². The normalized spacial score (nSPS) is 26.2. The zero-order valence-corrected chi connectivity index (χ0v) is 10.5. The van der Waals surface area contributed by atoms with Crippen molar-refractivity contribution in [1.82, 2.24) is 10.2 Å². The SMILES string of the molecule is CCOC(=O)C1CCN([C@H]2CC(=O)NC2=O)CC1. The van der Waals surface area contributed by atoms with Crippen molar-refractivity contribution in [3.63, 3.8) is 0 Å². The van der Waals surface area contributed by atoms with Crippen LogP contribution in [0.1, 0.15) is 26.2 Å². The first-order valence-electron chi connectivity index (χ1n) is 6.36. The van der Waals surface area contributed by atoms with Gasteiger partial charge < -0.3 is 4.74 Å². The van der Waals surface area contributed by atoms with Crippen LogP contribution in [-0.4, -0.2) is 48.4 Å². The first-order valence-corrected chi connectivity index (χ1v) is 6.36. The van der Waals surface area contributed by atoms with Crippen LogP contribution in [0.5, 0.6) is 0 Å². The average Bonchev–Trinajstić information content (AvgIpc) is 2.69. The second-order valence-corrected chi connectivity index (χ2v) is 4.69. The Hall–Kier alpha value is -1.43. The smallest absolute Gasteiger partial charge is 0.309 e. The number of hydrogen-bond acceptors (Lipinski definition) is 5. The van der Waals surface area contributed by atoms with Crippen LogP contribution in [0.2, 0.25) is 0 Å². The zero-order valence-electron chi connectivity index (χ0n) is 10.5. The van der Waals surface area contributed by atoms with Crippen LogP contribution in [0.3, 0.4) is 0 Å². The van der Waals surface area contributed by atoms with Crippen LogP contribution >= 0.6 is 0 Å². The molecule has 6 heteroatoms. The van der Waals surface area contributed by atoms with Gasteiger partial charge in [-0.25, -0.2) is 0 Å². The molecule has 0 bridgehead atoms. The van der Waals surface area contributed by atoms with Crippen molar-refractivity contribution in [2.24, 2.45) is 5.92 Å². The van der Waals surface area contributed by atoms with E-state index < -0.39 is 0 Å². The summed E-state index contributed by atoms with van der Waals surface area (Å²) in [6.07, 6.45) is 1.62. The quantitative estimate of drug-likeness (QED) is 0.551. The fourth-order valence-electron chi connectivity index (χ4n) is 2.54. The van der Waals surface area contributed by atoms with Crippen molar-refractivity contribution in [2.75, 3.05) is 19.7 Å². The van der Waals surface area contributed by atoms with Crippen molar-refractivity contribution in [2.45, 2.75) is 32.2 Å². The lowest BCUT2D eigenvalue weighted by atomic mass is 9.95. The summed E-state index contributed by atoms with van der Waals surface area (Å²) in [7, 11) is 0. The molecule has 2 rings (SSSR count). The third-order valence-electron chi connectivity index (χ3n) is 3.53. The van der Waals surface area contributed by atoms with E-state index in [1.807, 2.05) is 4.90 Å². The number of nitrogens with one attached hydrogen (secondary N) is 1. The van der Waals surface area contributed by atoms with Gasteiger partial charge in [0.25, 0.3) is 0 Å². The van der Waals surface area contributed by atoms with Crippen molar-refractivity contribution in [3.8, 4) is 0 Å². The Balaban J connectivity index is 1.85. The number of esters is 1. The van der Waals surface area contributed by atoms with Gasteiger partial charge in [0.1, 0.15) is 0 Å². The van der Waals surface area contributed by atoms with Crippen LogP contribution in [0.25, 0.3) is 0 Å². The van der Waals surface area contributed by atoms with Gasteiger partial charge in [-0.05, 0) is 32.9 Å². The van der Waals surface area contributed by atoms with Crippen molar-refractivity contribution in [3.05, 3.63) is 0 Å². The molecule has 2 saturated heterocycles. The minimum absolute atomic E-state index is 0.0682. The fourth-order valence-corrected chi connectivity index (χ4v) is 2.54. The van der Waals surface area contributed by atoms with Gasteiger partial charge in [0.15, 0.2) is 0 Å². The molecule has 1 N–H and O–H groups in total. The third-order valence-corrected chi connectivity index (χ3v) is 3.53. The van der Waals surface area contributed by atoms with Crippen LogP contribution in [0.4, 0.5) is 0 Å². The molecule has 1 atom stereocenters. The highest BCUT2D eigenvalue weighted by Gasteiger charge is 2.38. The van der Waals surface area contributed by atoms with Gasteiger partial charge in [-0.2, -0.15) is 0 Å². The van der Waals surface area contributed by atoms with Crippen molar-refractivity contribution >= 4 is 17.8 Å². The average molecular weight is 254 g/mol. The minimum atomic E-state index is -0.347. The van der Waals surface area contributed by atoms with E-state index in [0.29, 0.717) is 32.5 Å². The summed E-state index contributed by atoms with van der Waals surface area (Å²) in [6, 6.07) is -0.347. The minimum Gasteiger partial charge on any atom is -0.466 e. The Bertz CT molecular complexity index is 361. The molecule has 2 aliphatic rings. The summed E-state index contributed by atoms with van der Waals surface area (Å²) >= 11 is 0. The lowest BCUT2D eigenvalue weighted by Crippen LogP contribution is -2.46. The Kier molecular flexibility index (Phi) is 3.96. The number of amides is 2. The van der Waals surface area contributed by atoms with E-state index in [2.05, 4.69) is 5.32 Å². The van der Waals surface area contributed by atoms with Crippen LogP contribution in [-0.2, 0) is 19.1 Å². The summed E-state index contributed by atoms with van der Waals surface area (Å²) in [5, 5.41) is 2.31. The molecule has 2 heterocycles. The summed E-state index contributed by atoms with van der Waals surface area (Å²) < 4.78 is 4.99. The number of carbonyl (C=O) groups excluding carboxylic acids is 3. The first-order chi connectivity index (χ1) is 8.61. The standard InChI is InChI=1S/C12H18N2O4/c1-2-18-12(17)8-3-5-14(6-4-8)9-7-10(15)13-11(9)16/h8-9H,2-7H2,1H3,(H,13,15,16)/t9-/m0/s1. The number of imide groups is 1. The largest absolute Gasteiger partial charge is 0.466 e. The van der Waals surface area contributed by atoms with E-state index in [4.69, 9.17) is 4.74 Å². The maximum absolute atomic E-state index is 11.6. The summed E-state index contributed by atoms with van der Waals surface area (Å²) in [5.41, 5.74) is 0. The molecule has 6 nitrogen and oxygen atoms in total. The van der Waals surface area contributed by atoms with Crippen LogP contribution in [0, 0.1) is 5.92 Å². The van der Waals surface area contributed by atoms with Gasteiger partial charge >= 0.3 is 5.97 Å². The summed E-state index contributed by atoms with van der Waals surface area (Å²) in [6.45, 7) is 3.52. The summed E-state index contributed by atoms with van der Waals surface area (Å²) in [5.74, 6) is -0.641. The predicted molar refractivity (Wildman–Crippen MR) is 62.5 cm³/mol. The van der Waals surface area contributed by atoms with E-state index in [9.17, 15) is 14.4 Å². The van der Waals surface area contributed by atoms with Gasteiger partial charge in [-0.15, -0.1) is 0 Å². The molecule has 2 fully saturated rings. The number of rotatable bonds is 3. The molecule has 0 unspecified atom stereocenters. The predicted octanol–water partition coefficient (Wildman–Crippen LogP) is -0.323. The fraction of sp³-hybridized carbons (Fsp3) is 0.750. The zero-order chi connectivity index (χ0) is 13.1. The molecule has 0 aromatic rings. The van der Waals surface area contributed by atoms with Crippen LogP contribution in [0.15, 0.2) is 0 Å². The van der Waals surface area contributed by atoms with E-state index >= 15 is 0 Å². The lowest BCUT2D eigenvalue weighted by Gasteiger charge is -2.33. The highest BCUT2D eigenvalue weighted by molar-refractivity contribution is 6.05. The Morgan fingerprint density at radius 1 is 1.39 bits per heavy atom. The van der Waals surface area contributed by atoms with Crippen molar-refractivity contribution < 1.29 is 19.1 Å². The molecule has 0 aliphatic carbocycles. The topological polar surface area (TPSA) is 75.7 Å². The van der Waals surface area contributed by atoms with E-state index in [1.54, 1.807) is 6.92 Å². The summed E-state index contributed by atoms with van der Waals surface area (Å²) in [4.78, 5) is 36.2. The molecule has 18 heavy (non-hydrogen) atoms. The monoisotopic (exact) mass is 254 g/mol. The molecule has 0 aromatic carbocycles. The molecule has 0 spiro atoms. The molecule has 2 aliphatic heterocycles. The first kappa shape index (κ1) is 13.0. The molecule has 0 aromatic heterocycles. The number of ether oxygens (including phenoxy) is 1. The van der Waals surface area contributed by atoms with Gasteiger partial charge in [0.05, 0.1) is 25.0 Å². The van der Waals surface area contributed by atoms with Gasteiger partial charge in [0, 0.05) is 0 Å². The molecule has 100 valence electrons. The van der Waals surface area contributed by atoms with E-state index in [1.165, 1.54) is 0 Å². The highest BCUT2D eigenvalue weighted by Crippen LogP contribution is 2.22. The van der Waals surface area contributed by atoms with Gasteiger partial charge in [0.2, 0.25) is 11.8 Å². The van der Waals surface area contributed by atoms with E-state index in [0.717, 1.165) is 0 Å². The van der Waals surface area contributed by atoms with Crippen molar-refractivity contribution in [1.29, 1.82) is 0 Å². The number of nitrogens with zero attached hydrogens (tertiary/aromatic N) is 1. The maximum atomic E-state index is 11.6. The maximum Gasteiger partial charge on any atom is 0.309 e. The third kappa shape index (κ3) is 2.69. The molecule has 0 radical (unpaired) electrons. The number of likely N-dealkylation sites (tertiary alicyclic amines) is 1. The Labute approximate surface area is 106 Å². The Morgan fingerprint density at radius 2 is 2.06 bits per heavy atom. The van der Waals surface area contributed by atoms with Gasteiger partial charge in [-0.1, -0.05) is 0 Å². The lowest BCUT2D eigenvalue weighted by molar-refractivity contribution is -0.149. The second kappa shape index (κ2) is 5.48. The molecular formula is C12H18N2O4. The number of hydrogen-bond donors (Lipinski definition) is 1. The molecule has 2 amide bonds. The Morgan fingerprint density at radius 3 is 2.56 bits per heavy atom. The molecule has 0 saturated carbocycles. The number of piperidine rings is 1. The second-order valence-electron chi connectivity index (χ2n) is 4.69. The highest BCUT2D eigenvalue weighted by atomic mass is 16.5. The molecular weight excluding hydrogens is 236 g/mol.